The Morgan fingerprint density at radius 3 is 2.10 bits per heavy atom. The van der Waals surface area contributed by atoms with Gasteiger partial charge in [0.2, 0.25) is 0 Å². The summed E-state index contributed by atoms with van der Waals surface area (Å²) in [4.78, 5) is 0. The van der Waals surface area contributed by atoms with E-state index in [4.69, 9.17) is 0 Å². The highest BCUT2D eigenvalue weighted by Crippen LogP contribution is 2.17. The molecule has 0 saturated carbocycles. The van der Waals surface area contributed by atoms with Gasteiger partial charge in [0.15, 0.2) is 0 Å². The third-order valence-electron chi connectivity index (χ3n) is 1.18. The van der Waals surface area contributed by atoms with Crippen molar-refractivity contribution in [1.82, 2.24) is 0 Å². The van der Waals surface area contributed by atoms with E-state index in [0.29, 0.717) is 0 Å². The van der Waals surface area contributed by atoms with Crippen LogP contribution in [0.25, 0.3) is 0 Å². The van der Waals surface area contributed by atoms with E-state index in [1.54, 1.807) is 0 Å². The zero-order valence-corrected chi connectivity index (χ0v) is 9.83. The van der Waals surface area contributed by atoms with E-state index in [0.717, 1.165) is 0 Å². The fraction of sp³-hybridized carbons (Fsp3) is 0.143. The van der Waals surface area contributed by atoms with Gasteiger partial charge in [-0.3, -0.25) is 0 Å². The van der Waals surface area contributed by atoms with Gasteiger partial charge in [0.25, 0.3) is 0 Å². The molecule has 0 N–H and O–H groups in total. The van der Waals surface area contributed by atoms with E-state index in [1.807, 2.05) is 7.05 Å². The molecule has 0 heterocycles. The minimum absolute atomic E-state index is 1.24. The molecular formula is C7H7I2N. The first kappa shape index (κ1) is 8.58. The molecule has 0 fully saturated rings. The number of benzene rings is 1. The number of rotatable bonds is 1. The Morgan fingerprint density at radius 1 is 1.20 bits per heavy atom. The lowest BCUT2D eigenvalue weighted by molar-refractivity contribution is 1.40. The second-order valence-corrected chi connectivity index (χ2v) is 4.65. The lowest BCUT2D eigenvalue weighted by Crippen LogP contribution is -1.98. The minimum atomic E-state index is 1.24. The van der Waals surface area contributed by atoms with Crippen molar-refractivity contribution in [2.24, 2.45) is 0 Å². The van der Waals surface area contributed by atoms with E-state index in [1.165, 1.54) is 9.26 Å². The monoisotopic (exact) mass is 359 g/mol. The average molecular weight is 359 g/mol. The molecule has 54 valence electrons. The Kier molecular flexibility index (Phi) is 3.22. The number of anilines is 1. The molecule has 3 heteroatoms. The van der Waals surface area contributed by atoms with Gasteiger partial charge < -0.3 is 3.11 Å². The zero-order valence-electron chi connectivity index (χ0n) is 5.51. The van der Waals surface area contributed by atoms with Gasteiger partial charge in [0.1, 0.15) is 0 Å². The van der Waals surface area contributed by atoms with Crippen molar-refractivity contribution in [2.75, 3.05) is 10.2 Å². The molecule has 0 unspecified atom stereocenters. The average Bonchev–Trinajstić information content (AvgIpc) is 1.88. The topological polar surface area (TPSA) is 3.24 Å². The van der Waals surface area contributed by atoms with Crippen LogP contribution in [0, 0.1) is 3.57 Å². The highest BCUT2D eigenvalue weighted by atomic mass is 127. The van der Waals surface area contributed by atoms with Crippen LogP contribution in [0.4, 0.5) is 5.69 Å². The number of hydrogen-bond donors (Lipinski definition) is 0. The molecule has 1 nitrogen and oxygen atoms in total. The first-order valence-electron chi connectivity index (χ1n) is 2.85. The summed E-state index contributed by atoms with van der Waals surface area (Å²) in [6, 6.07) is 8.42. The van der Waals surface area contributed by atoms with Crippen molar-refractivity contribution >= 4 is 51.1 Å². The first-order chi connectivity index (χ1) is 4.70. The third-order valence-corrected chi connectivity index (χ3v) is 2.46. The number of hydrogen-bond acceptors (Lipinski definition) is 1. The van der Waals surface area contributed by atoms with Crippen LogP contribution in [0.3, 0.4) is 0 Å². The van der Waals surface area contributed by atoms with Crippen molar-refractivity contribution in [3.05, 3.63) is 27.8 Å². The molecular weight excluding hydrogens is 352 g/mol. The fourth-order valence-corrected chi connectivity index (χ4v) is 1.33. The van der Waals surface area contributed by atoms with Crippen molar-refractivity contribution in [3.63, 3.8) is 0 Å². The van der Waals surface area contributed by atoms with E-state index in [2.05, 4.69) is 72.8 Å². The summed E-state index contributed by atoms with van der Waals surface area (Å²) in [6.07, 6.45) is 0. The zero-order chi connectivity index (χ0) is 7.56. The summed E-state index contributed by atoms with van der Waals surface area (Å²) in [5, 5.41) is 0. The Balaban J connectivity index is 2.89. The smallest absolute Gasteiger partial charge is 0.0588 e. The first-order valence-corrected chi connectivity index (χ1v) is 4.89. The Hall–Kier alpha value is 0.480. The molecule has 0 saturated heterocycles. The Bertz CT molecular complexity index is 205. The van der Waals surface area contributed by atoms with Gasteiger partial charge in [-0.05, 0) is 46.9 Å². The van der Waals surface area contributed by atoms with Gasteiger partial charge in [-0.1, -0.05) is 0 Å². The second-order valence-electron chi connectivity index (χ2n) is 1.95. The standard InChI is InChI=1S/C7H7I2N/c1-10(9)7-4-2-6(8)3-5-7/h2-5H,1H3. The van der Waals surface area contributed by atoms with Crippen LogP contribution in [-0.4, -0.2) is 7.05 Å². The SMILES string of the molecule is CN(I)c1ccc(I)cc1. The maximum atomic E-state index is 2.30. The van der Waals surface area contributed by atoms with E-state index < -0.39 is 0 Å². The largest absolute Gasteiger partial charge is 0.318 e. The van der Waals surface area contributed by atoms with E-state index in [-0.39, 0.29) is 0 Å². The van der Waals surface area contributed by atoms with E-state index in [9.17, 15) is 0 Å². The minimum Gasteiger partial charge on any atom is -0.318 e. The van der Waals surface area contributed by atoms with Crippen LogP contribution >= 0.6 is 45.5 Å². The third kappa shape index (κ3) is 2.26. The summed E-state index contributed by atoms with van der Waals surface area (Å²) in [5.41, 5.74) is 1.24. The Morgan fingerprint density at radius 2 is 1.70 bits per heavy atom. The molecule has 1 aromatic carbocycles. The molecule has 0 bridgehead atoms. The summed E-state index contributed by atoms with van der Waals surface area (Å²) in [5.74, 6) is 0. The molecule has 0 amide bonds. The summed E-state index contributed by atoms with van der Waals surface area (Å²) in [6.45, 7) is 0. The number of halogens is 2. The molecule has 0 aliphatic rings. The molecule has 0 aliphatic carbocycles. The van der Waals surface area contributed by atoms with E-state index >= 15 is 0 Å². The van der Waals surface area contributed by atoms with Crippen LogP contribution in [0.15, 0.2) is 24.3 Å². The lowest BCUT2D eigenvalue weighted by atomic mass is 10.3. The predicted octanol–water partition coefficient (Wildman–Crippen LogP) is 3.08. The molecule has 0 radical (unpaired) electrons. The van der Waals surface area contributed by atoms with Gasteiger partial charge in [-0.2, -0.15) is 0 Å². The maximum Gasteiger partial charge on any atom is 0.0588 e. The molecule has 1 rings (SSSR count). The van der Waals surface area contributed by atoms with Gasteiger partial charge in [-0.15, -0.1) is 0 Å². The highest BCUT2D eigenvalue weighted by molar-refractivity contribution is 14.1. The molecule has 10 heavy (non-hydrogen) atoms. The quantitative estimate of drug-likeness (QED) is 0.551. The van der Waals surface area contributed by atoms with Crippen molar-refractivity contribution in [1.29, 1.82) is 0 Å². The van der Waals surface area contributed by atoms with Gasteiger partial charge in [-0.25, -0.2) is 0 Å². The van der Waals surface area contributed by atoms with Crippen LogP contribution < -0.4 is 3.11 Å². The van der Waals surface area contributed by atoms with Crippen LogP contribution in [0.5, 0.6) is 0 Å². The molecule has 0 aliphatic heterocycles. The molecule has 1 aromatic rings. The van der Waals surface area contributed by atoms with Crippen LogP contribution in [0.2, 0.25) is 0 Å². The fourth-order valence-electron chi connectivity index (χ4n) is 0.647. The predicted molar refractivity (Wildman–Crippen MR) is 61.6 cm³/mol. The number of nitrogens with zero attached hydrogens (tertiary/aromatic N) is 1. The van der Waals surface area contributed by atoms with Gasteiger partial charge in [0, 0.05) is 16.3 Å². The van der Waals surface area contributed by atoms with Crippen molar-refractivity contribution in [3.8, 4) is 0 Å². The van der Waals surface area contributed by atoms with Gasteiger partial charge in [0.05, 0.1) is 22.9 Å². The molecule has 0 spiro atoms. The summed E-state index contributed by atoms with van der Waals surface area (Å²) < 4.78 is 3.34. The normalized spacial score (nSPS) is 9.50. The highest BCUT2D eigenvalue weighted by Gasteiger charge is 1.93. The molecule has 0 atom stereocenters. The maximum absolute atomic E-state index is 2.30. The lowest BCUT2D eigenvalue weighted by Gasteiger charge is -2.08. The summed E-state index contributed by atoms with van der Waals surface area (Å²) in [7, 11) is 2.03. The van der Waals surface area contributed by atoms with Crippen molar-refractivity contribution in [2.45, 2.75) is 0 Å². The second kappa shape index (κ2) is 3.75. The summed E-state index contributed by atoms with van der Waals surface area (Å²) >= 11 is 4.55. The van der Waals surface area contributed by atoms with Crippen LogP contribution in [0.1, 0.15) is 0 Å². The Labute approximate surface area is 88.4 Å². The van der Waals surface area contributed by atoms with Gasteiger partial charge >= 0.3 is 0 Å². The molecule has 0 aromatic heterocycles. The van der Waals surface area contributed by atoms with Crippen molar-refractivity contribution < 1.29 is 0 Å². The van der Waals surface area contributed by atoms with Crippen LogP contribution in [-0.2, 0) is 0 Å².